The summed E-state index contributed by atoms with van der Waals surface area (Å²) in [6, 6.07) is 15.3. The van der Waals surface area contributed by atoms with Crippen molar-refractivity contribution in [3.8, 4) is 11.3 Å². The van der Waals surface area contributed by atoms with Gasteiger partial charge in [0.2, 0.25) is 0 Å². The van der Waals surface area contributed by atoms with Crippen molar-refractivity contribution in [1.82, 2.24) is 19.7 Å². The van der Waals surface area contributed by atoms with Gasteiger partial charge in [0, 0.05) is 21.0 Å². The van der Waals surface area contributed by atoms with E-state index in [0.29, 0.717) is 17.2 Å². The van der Waals surface area contributed by atoms with Crippen LogP contribution in [-0.4, -0.2) is 25.7 Å². The molecule has 27 heavy (non-hydrogen) atoms. The van der Waals surface area contributed by atoms with Crippen molar-refractivity contribution in [1.29, 1.82) is 0 Å². The second kappa shape index (κ2) is 7.81. The highest BCUT2D eigenvalue weighted by atomic mass is 79.9. The van der Waals surface area contributed by atoms with E-state index in [1.54, 1.807) is 23.1 Å². The largest absolute Gasteiger partial charge is 0.298 e. The molecule has 1 amide bonds. The molecule has 0 aliphatic heterocycles. The number of amides is 1. The van der Waals surface area contributed by atoms with Crippen molar-refractivity contribution in [2.24, 2.45) is 0 Å². The Hall–Kier alpha value is -2.84. The summed E-state index contributed by atoms with van der Waals surface area (Å²) in [7, 11) is 0. The van der Waals surface area contributed by atoms with Crippen LogP contribution in [0.4, 0.5) is 5.13 Å². The van der Waals surface area contributed by atoms with Crippen LogP contribution in [0.25, 0.3) is 11.3 Å². The van der Waals surface area contributed by atoms with Crippen LogP contribution in [-0.2, 0) is 6.54 Å². The Morgan fingerprint density at radius 2 is 1.89 bits per heavy atom. The SMILES string of the molecule is O=C(Nc1nc(-c2ccc(Br)cc2)cs1)c1ccc(Cn2cncn2)cc1. The minimum absolute atomic E-state index is 0.181. The average molecular weight is 440 g/mol. The van der Waals surface area contributed by atoms with Crippen molar-refractivity contribution in [3.63, 3.8) is 0 Å². The van der Waals surface area contributed by atoms with Crippen LogP contribution in [0.3, 0.4) is 0 Å². The lowest BCUT2D eigenvalue weighted by Crippen LogP contribution is -2.11. The van der Waals surface area contributed by atoms with E-state index in [-0.39, 0.29) is 5.91 Å². The quantitative estimate of drug-likeness (QED) is 0.497. The molecule has 0 spiro atoms. The first-order valence-electron chi connectivity index (χ1n) is 8.11. The number of carbonyl (C=O) groups excluding carboxylic acids is 1. The lowest BCUT2D eigenvalue weighted by molar-refractivity contribution is 0.102. The fraction of sp³-hybridized carbons (Fsp3) is 0.0526. The van der Waals surface area contributed by atoms with E-state index in [1.165, 1.54) is 17.7 Å². The Bertz CT molecular complexity index is 1040. The highest BCUT2D eigenvalue weighted by molar-refractivity contribution is 9.10. The molecule has 0 saturated carbocycles. The number of thiazole rings is 1. The van der Waals surface area contributed by atoms with Gasteiger partial charge in [-0.2, -0.15) is 5.10 Å². The zero-order valence-corrected chi connectivity index (χ0v) is 16.4. The summed E-state index contributed by atoms with van der Waals surface area (Å²) in [6.07, 6.45) is 3.16. The Kier molecular flexibility index (Phi) is 5.08. The van der Waals surface area contributed by atoms with Gasteiger partial charge in [0.1, 0.15) is 12.7 Å². The van der Waals surface area contributed by atoms with E-state index in [0.717, 1.165) is 21.3 Å². The highest BCUT2D eigenvalue weighted by Crippen LogP contribution is 2.26. The first-order chi connectivity index (χ1) is 13.2. The number of nitrogens with zero attached hydrogens (tertiary/aromatic N) is 4. The summed E-state index contributed by atoms with van der Waals surface area (Å²) < 4.78 is 2.75. The van der Waals surface area contributed by atoms with Crippen LogP contribution in [0.5, 0.6) is 0 Å². The van der Waals surface area contributed by atoms with Gasteiger partial charge in [0.05, 0.1) is 12.2 Å². The van der Waals surface area contributed by atoms with Crippen LogP contribution >= 0.6 is 27.3 Å². The van der Waals surface area contributed by atoms with E-state index < -0.39 is 0 Å². The van der Waals surface area contributed by atoms with Crippen molar-refractivity contribution >= 4 is 38.3 Å². The average Bonchev–Trinajstić information content (AvgIpc) is 3.35. The number of halogens is 1. The van der Waals surface area contributed by atoms with Crippen LogP contribution < -0.4 is 5.32 Å². The fourth-order valence-corrected chi connectivity index (χ4v) is 3.50. The monoisotopic (exact) mass is 439 g/mol. The molecule has 0 aliphatic carbocycles. The number of benzene rings is 2. The molecule has 2 heterocycles. The van der Waals surface area contributed by atoms with Gasteiger partial charge in [-0.3, -0.25) is 10.1 Å². The number of anilines is 1. The minimum Gasteiger partial charge on any atom is -0.298 e. The molecule has 4 rings (SSSR count). The van der Waals surface area contributed by atoms with E-state index >= 15 is 0 Å². The molecule has 1 N–H and O–H groups in total. The zero-order valence-electron chi connectivity index (χ0n) is 14.0. The normalized spacial score (nSPS) is 10.7. The van der Waals surface area contributed by atoms with E-state index in [1.807, 2.05) is 41.8 Å². The first kappa shape index (κ1) is 17.6. The summed E-state index contributed by atoms with van der Waals surface area (Å²) in [5.41, 5.74) is 3.47. The van der Waals surface area contributed by atoms with E-state index in [9.17, 15) is 4.79 Å². The third kappa shape index (κ3) is 4.29. The number of hydrogen-bond acceptors (Lipinski definition) is 5. The number of nitrogens with one attached hydrogen (secondary N) is 1. The Labute approximate surface area is 168 Å². The zero-order chi connectivity index (χ0) is 18.6. The van der Waals surface area contributed by atoms with Gasteiger partial charge in [-0.15, -0.1) is 11.3 Å². The second-order valence-electron chi connectivity index (χ2n) is 5.79. The van der Waals surface area contributed by atoms with Gasteiger partial charge < -0.3 is 0 Å². The lowest BCUT2D eigenvalue weighted by Gasteiger charge is -2.04. The topological polar surface area (TPSA) is 72.7 Å². The molecule has 0 bridgehead atoms. The standard InChI is InChI=1S/C19H14BrN5OS/c20-16-7-5-14(6-8-16)17-10-27-19(23-17)24-18(26)15-3-1-13(2-4-15)9-25-12-21-11-22-25/h1-8,10-12H,9H2,(H,23,24,26). The second-order valence-corrected chi connectivity index (χ2v) is 7.56. The molecular weight excluding hydrogens is 426 g/mol. The van der Waals surface area contributed by atoms with Crippen LogP contribution in [0.2, 0.25) is 0 Å². The molecule has 134 valence electrons. The van der Waals surface area contributed by atoms with Crippen molar-refractivity contribution in [3.05, 3.63) is 82.2 Å². The maximum Gasteiger partial charge on any atom is 0.257 e. The van der Waals surface area contributed by atoms with Gasteiger partial charge in [-0.25, -0.2) is 14.6 Å². The first-order valence-corrected chi connectivity index (χ1v) is 9.79. The minimum atomic E-state index is -0.181. The predicted octanol–water partition coefficient (Wildman–Crippen LogP) is 4.46. The molecule has 2 aromatic heterocycles. The summed E-state index contributed by atoms with van der Waals surface area (Å²) in [5, 5.41) is 9.43. The number of carbonyl (C=O) groups is 1. The lowest BCUT2D eigenvalue weighted by atomic mass is 10.1. The molecule has 0 unspecified atom stereocenters. The molecule has 0 aliphatic rings. The van der Waals surface area contributed by atoms with Gasteiger partial charge >= 0.3 is 0 Å². The summed E-state index contributed by atoms with van der Waals surface area (Å²) in [4.78, 5) is 20.9. The molecule has 0 radical (unpaired) electrons. The van der Waals surface area contributed by atoms with Gasteiger partial charge in [-0.05, 0) is 29.8 Å². The Morgan fingerprint density at radius 1 is 1.11 bits per heavy atom. The number of rotatable bonds is 5. The molecule has 0 fully saturated rings. The maximum atomic E-state index is 12.5. The molecule has 8 heteroatoms. The molecule has 0 atom stereocenters. The highest BCUT2D eigenvalue weighted by Gasteiger charge is 2.10. The van der Waals surface area contributed by atoms with Crippen LogP contribution in [0.1, 0.15) is 15.9 Å². The predicted molar refractivity (Wildman–Crippen MR) is 109 cm³/mol. The van der Waals surface area contributed by atoms with Crippen molar-refractivity contribution in [2.45, 2.75) is 6.54 Å². The fourth-order valence-electron chi connectivity index (χ4n) is 2.52. The summed E-state index contributed by atoms with van der Waals surface area (Å²) >= 11 is 4.82. The smallest absolute Gasteiger partial charge is 0.257 e. The molecular formula is C19H14BrN5OS. The Balaban J connectivity index is 1.42. The number of aromatic nitrogens is 4. The van der Waals surface area contributed by atoms with Crippen molar-refractivity contribution < 1.29 is 4.79 Å². The molecule has 4 aromatic rings. The van der Waals surface area contributed by atoms with Gasteiger partial charge in [-0.1, -0.05) is 40.2 Å². The summed E-state index contributed by atoms with van der Waals surface area (Å²) in [6.45, 7) is 0.616. The third-order valence-electron chi connectivity index (χ3n) is 3.89. The Morgan fingerprint density at radius 3 is 2.59 bits per heavy atom. The van der Waals surface area contributed by atoms with Gasteiger partial charge in [0.15, 0.2) is 5.13 Å². The third-order valence-corrected chi connectivity index (χ3v) is 5.18. The van der Waals surface area contributed by atoms with E-state index in [4.69, 9.17) is 0 Å². The van der Waals surface area contributed by atoms with Crippen molar-refractivity contribution in [2.75, 3.05) is 5.32 Å². The number of hydrogen-bond donors (Lipinski definition) is 1. The van der Waals surface area contributed by atoms with Gasteiger partial charge in [0.25, 0.3) is 5.91 Å². The summed E-state index contributed by atoms with van der Waals surface area (Å²) in [5.74, 6) is -0.181. The molecule has 2 aromatic carbocycles. The molecule has 0 saturated heterocycles. The maximum absolute atomic E-state index is 12.5. The van der Waals surface area contributed by atoms with Crippen LogP contribution in [0, 0.1) is 0 Å². The van der Waals surface area contributed by atoms with Crippen LogP contribution in [0.15, 0.2) is 71.0 Å². The molecule has 6 nitrogen and oxygen atoms in total. The van der Waals surface area contributed by atoms with E-state index in [2.05, 4.69) is 36.3 Å².